The molecule has 1 heterocycles. The zero-order valence-electron chi connectivity index (χ0n) is 10.1. The first-order valence-corrected chi connectivity index (χ1v) is 5.84. The average molecular weight is 220 g/mol. The average Bonchev–Trinajstić information content (AvgIpc) is 2.77. The van der Waals surface area contributed by atoms with Crippen LogP contribution < -0.4 is 9.80 Å². The standard InChI is InChI=1S/C13H20N2O/c1-14(2)12-3-5-13(6-4-12)15-8-7-11(9-15)10-16/h3-6,11,16H,7-10H2,1-2H3. The summed E-state index contributed by atoms with van der Waals surface area (Å²) in [4.78, 5) is 4.45. The highest BCUT2D eigenvalue weighted by atomic mass is 16.3. The van der Waals surface area contributed by atoms with Crippen LogP contribution in [0.5, 0.6) is 0 Å². The highest BCUT2D eigenvalue weighted by Gasteiger charge is 2.21. The maximum absolute atomic E-state index is 9.11. The van der Waals surface area contributed by atoms with E-state index in [2.05, 4.69) is 34.1 Å². The zero-order chi connectivity index (χ0) is 11.5. The number of rotatable bonds is 3. The highest BCUT2D eigenvalue weighted by Crippen LogP contribution is 2.25. The SMILES string of the molecule is CN(C)c1ccc(N2CCC(CO)C2)cc1. The molecular weight excluding hydrogens is 200 g/mol. The van der Waals surface area contributed by atoms with Gasteiger partial charge in [0.25, 0.3) is 0 Å². The molecule has 1 saturated heterocycles. The molecule has 1 aromatic rings. The molecule has 88 valence electrons. The van der Waals surface area contributed by atoms with Crippen molar-refractivity contribution in [3.8, 4) is 0 Å². The molecule has 1 aliphatic heterocycles. The van der Waals surface area contributed by atoms with Crippen molar-refractivity contribution in [3.63, 3.8) is 0 Å². The van der Waals surface area contributed by atoms with E-state index in [0.717, 1.165) is 19.5 Å². The third kappa shape index (κ3) is 2.30. The van der Waals surface area contributed by atoms with E-state index in [4.69, 9.17) is 5.11 Å². The third-order valence-corrected chi connectivity index (χ3v) is 3.28. The lowest BCUT2D eigenvalue weighted by Gasteiger charge is -2.20. The predicted molar refractivity (Wildman–Crippen MR) is 68.2 cm³/mol. The van der Waals surface area contributed by atoms with Gasteiger partial charge in [-0.25, -0.2) is 0 Å². The molecule has 2 rings (SSSR count). The molecule has 1 N–H and O–H groups in total. The van der Waals surface area contributed by atoms with Crippen LogP contribution in [0.4, 0.5) is 11.4 Å². The molecule has 1 aliphatic rings. The number of nitrogens with zero attached hydrogens (tertiary/aromatic N) is 2. The number of aliphatic hydroxyl groups excluding tert-OH is 1. The first kappa shape index (κ1) is 11.3. The number of anilines is 2. The summed E-state index contributed by atoms with van der Waals surface area (Å²) in [5.74, 6) is 0.452. The van der Waals surface area contributed by atoms with E-state index in [9.17, 15) is 0 Å². The summed E-state index contributed by atoms with van der Waals surface area (Å²) in [6, 6.07) is 8.60. The Kier molecular flexibility index (Phi) is 3.34. The number of benzene rings is 1. The molecule has 0 aliphatic carbocycles. The fourth-order valence-electron chi connectivity index (χ4n) is 2.18. The smallest absolute Gasteiger partial charge is 0.0476 e. The third-order valence-electron chi connectivity index (χ3n) is 3.28. The van der Waals surface area contributed by atoms with Crippen LogP contribution in [0.1, 0.15) is 6.42 Å². The van der Waals surface area contributed by atoms with Crippen LogP contribution >= 0.6 is 0 Å². The number of hydrogen-bond acceptors (Lipinski definition) is 3. The van der Waals surface area contributed by atoms with Gasteiger partial charge >= 0.3 is 0 Å². The summed E-state index contributed by atoms with van der Waals surface area (Å²) < 4.78 is 0. The van der Waals surface area contributed by atoms with Crippen molar-refractivity contribution < 1.29 is 5.11 Å². The number of hydrogen-bond donors (Lipinski definition) is 1. The molecule has 0 spiro atoms. The van der Waals surface area contributed by atoms with Crippen LogP contribution in [0.3, 0.4) is 0 Å². The minimum atomic E-state index is 0.312. The van der Waals surface area contributed by atoms with Crippen LogP contribution in [0.25, 0.3) is 0 Å². The Morgan fingerprint density at radius 2 is 2.00 bits per heavy atom. The van der Waals surface area contributed by atoms with E-state index in [0.29, 0.717) is 12.5 Å². The lowest BCUT2D eigenvalue weighted by molar-refractivity contribution is 0.238. The molecule has 1 atom stereocenters. The zero-order valence-corrected chi connectivity index (χ0v) is 10.1. The monoisotopic (exact) mass is 220 g/mol. The van der Waals surface area contributed by atoms with Gasteiger partial charge in [-0.05, 0) is 30.7 Å². The van der Waals surface area contributed by atoms with E-state index in [1.54, 1.807) is 0 Å². The minimum Gasteiger partial charge on any atom is -0.396 e. The van der Waals surface area contributed by atoms with Crippen molar-refractivity contribution in [1.82, 2.24) is 0 Å². The van der Waals surface area contributed by atoms with Gasteiger partial charge in [-0.1, -0.05) is 0 Å². The molecule has 0 saturated carbocycles. The molecular formula is C13H20N2O. The van der Waals surface area contributed by atoms with Crippen molar-refractivity contribution in [2.75, 3.05) is 43.6 Å². The lowest BCUT2D eigenvalue weighted by Crippen LogP contribution is -2.20. The molecule has 16 heavy (non-hydrogen) atoms. The van der Waals surface area contributed by atoms with Crippen LogP contribution in [-0.4, -0.2) is 38.9 Å². The molecule has 0 bridgehead atoms. The maximum Gasteiger partial charge on any atom is 0.0476 e. The normalized spacial score (nSPS) is 20.2. The van der Waals surface area contributed by atoms with Gasteiger partial charge in [0.05, 0.1) is 0 Å². The van der Waals surface area contributed by atoms with Gasteiger partial charge in [-0.15, -0.1) is 0 Å². The fraction of sp³-hybridized carbons (Fsp3) is 0.538. The summed E-state index contributed by atoms with van der Waals surface area (Å²) in [7, 11) is 4.10. The van der Waals surface area contributed by atoms with E-state index in [-0.39, 0.29) is 0 Å². The van der Waals surface area contributed by atoms with Crippen LogP contribution in [0.15, 0.2) is 24.3 Å². The maximum atomic E-state index is 9.11. The first-order valence-electron chi connectivity index (χ1n) is 5.84. The molecule has 0 aromatic heterocycles. The summed E-state index contributed by atoms with van der Waals surface area (Å²) >= 11 is 0. The van der Waals surface area contributed by atoms with Crippen LogP contribution in [-0.2, 0) is 0 Å². The largest absolute Gasteiger partial charge is 0.396 e. The predicted octanol–water partition coefficient (Wildman–Crippen LogP) is 1.57. The van der Waals surface area contributed by atoms with Crippen molar-refractivity contribution in [3.05, 3.63) is 24.3 Å². The van der Waals surface area contributed by atoms with Crippen LogP contribution in [0, 0.1) is 5.92 Å². The molecule has 3 heteroatoms. The molecule has 0 radical (unpaired) electrons. The van der Waals surface area contributed by atoms with Crippen molar-refractivity contribution in [2.45, 2.75) is 6.42 Å². The van der Waals surface area contributed by atoms with E-state index < -0.39 is 0 Å². The van der Waals surface area contributed by atoms with Crippen molar-refractivity contribution in [2.24, 2.45) is 5.92 Å². The van der Waals surface area contributed by atoms with Gasteiger partial charge in [0.15, 0.2) is 0 Å². The van der Waals surface area contributed by atoms with E-state index in [1.165, 1.54) is 11.4 Å². The van der Waals surface area contributed by atoms with Gasteiger partial charge in [0.1, 0.15) is 0 Å². The molecule has 0 amide bonds. The van der Waals surface area contributed by atoms with E-state index >= 15 is 0 Å². The quantitative estimate of drug-likeness (QED) is 0.837. The second-order valence-electron chi connectivity index (χ2n) is 4.69. The van der Waals surface area contributed by atoms with Gasteiger partial charge in [-0.3, -0.25) is 0 Å². The molecule has 1 unspecified atom stereocenters. The first-order chi connectivity index (χ1) is 7.70. The summed E-state index contributed by atoms with van der Waals surface area (Å²) in [5.41, 5.74) is 2.49. The molecule has 3 nitrogen and oxygen atoms in total. The topological polar surface area (TPSA) is 26.7 Å². The molecule has 1 aromatic carbocycles. The Balaban J connectivity index is 2.05. The van der Waals surface area contributed by atoms with E-state index in [1.807, 2.05) is 14.1 Å². The fourth-order valence-corrected chi connectivity index (χ4v) is 2.18. The highest BCUT2D eigenvalue weighted by molar-refractivity contribution is 5.56. The van der Waals surface area contributed by atoms with Crippen molar-refractivity contribution >= 4 is 11.4 Å². The molecule has 1 fully saturated rings. The number of aliphatic hydroxyl groups is 1. The van der Waals surface area contributed by atoms with Gasteiger partial charge in [0.2, 0.25) is 0 Å². The summed E-state index contributed by atoms with van der Waals surface area (Å²) in [6.07, 6.45) is 1.10. The Morgan fingerprint density at radius 3 is 2.50 bits per heavy atom. The Labute approximate surface area is 97.3 Å². The summed E-state index contributed by atoms with van der Waals surface area (Å²) in [6.45, 7) is 2.36. The van der Waals surface area contributed by atoms with Gasteiger partial charge < -0.3 is 14.9 Å². The minimum absolute atomic E-state index is 0.312. The Hall–Kier alpha value is -1.22. The lowest BCUT2D eigenvalue weighted by atomic mass is 10.1. The second-order valence-corrected chi connectivity index (χ2v) is 4.69. The van der Waals surface area contributed by atoms with Gasteiger partial charge in [0, 0.05) is 51.1 Å². The second kappa shape index (κ2) is 4.74. The summed E-state index contributed by atoms with van der Waals surface area (Å²) in [5, 5.41) is 9.11. The van der Waals surface area contributed by atoms with Gasteiger partial charge in [-0.2, -0.15) is 0 Å². The Morgan fingerprint density at radius 1 is 1.31 bits per heavy atom. The van der Waals surface area contributed by atoms with Crippen LogP contribution in [0.2, 0.25) is 0 Å². The Bertz CT molecular complexity index is 334. The van der Waals surface area contributed by atoms with Crippen molar-refractivity contribution in [1.29, 1.82) is 0 Å².